The Bertz CT molecular complexity index is 661. The Morgan fingerprint density at radius 1 is 1.10 bits per heavy atom. The topological polar surface area (TPSA) is 35.8 Å². The summed E-state index contributed by atoms with van der Waals surface area (Å²) < 4.78 is 0. The van der Waals surface area contributed by atoms with E-state index in [1.165, 1.54) is 22.3 Å². The van der Waals surface area contributed by atoms with E-state index in [0.29, 0.717) is 17.1 Å². The number of hydrogen-bond donors (Lipinski definition) is 1. The minimum Gasteiger partial charge on any atom is -0.380 e. The van der Waals surface area contributed by atoms with Crippen molar-refractivity contribution in [1.82, 2.24) is 0 Å². The van der Waals surface area contributed by atoms with Crippen LogP contribution in [0.1, 0.15) is 27.8 Å². The van der Waals surface area contributed by atoms with E-state index in [1.54, 1.807) is 18.2 Å². The summed E-state index contributed by atoms with van der Waals surface area (Å²) in [4.78, 5) is 0. The number of nitrogens with one attached hydrogen (secondary N) is 1. The van der Waals surface area contributed by atoms with Crippen molar-refractivity contribution in [2.45, 2.75) is 27.3 Å². The number of anilines is 1. The highest BCUT2D eigenvalue weighted by atomic mass is 35.5. The molecule has 0 aliphatic rings. The van der Waals surface area contributed by atoms with Crippen LogP contribution in [0.2, 0.25) is 5.02 Å². The first-order valence-electron chi connectivity index (χ1n) is 6.51. The highest BCUT2D eigenvalue weighted by molar-refractivity contribution is 6.33. The quantitative estimate of drug-likeness (QED) is 0.883. The molecule has 2 aromatic carbocycles. The first-order valence-corrected chi connectivity index (χ1v) is 6.89. The smallest absolute Gasteiger partial charge is 0.0992 e. The molecule has 1 N–H and O–H groups in total. The first kappa shape index (κ1) is 14.4. The van der Waals surface area contributed by atoms with Crippen molar-refractivity contribution in [2.24, 2.45) is 0 Å². The molecular formula is C17H17ClN2. The molecule has 3 heteroatoms. The molecule has 0 aromatic heterocycles. The Hall–Kier alpha value is -1.98. The fourth-order valence-corrected chi connectivity index (χ4v) is 2.59. The lowest BCUT2D eigenvalue weighted by molar-refractivity contribution is 1.08. The van der Waals surface area contributed by atoms with Gasteiger partial charge in [-0.15, -0.1) is 0 Å². The van der Waals surface area contributed by atoms with Crippen molar-refractivity contribution in [2.75, 3.05) is 5.32 Å². The van der Waals surface area contributed by atoms with Crippen LogP contribution in [0.4, 0.5) is 5.69 Å². The van der Waals surface area contributed by atoms with Gasteiger partial charge < -0.3 is 5.32 Å². The molecule has 0 heterocycles. The Morgan fingerprint density at radius 3 is 2.35 bits per heavy atom. The average molecular weight is 285 g/mol. The van der Waals surface area contributed by atoms with Gasteiger partial charge >= 0.3 is 0 Å². The number of rotatable bonds is 3. The SMILES string of the molecule is Cc1cc(C)c(CNc2cc(C#N)ccc2Cl)c(C)c1. The lowest BCUT2D eigenvalue weighted by Gasteiger charge is -2.14. The molecular weight excluding hydrogens is 268 g/mol. The van der Waals surface area contributed by atoms with Crippen LogP contribution in [0.3, 0.4) is 0 Å². The molecule has 102 valence electrons. The summed E-state index contributed by atoms with van der Waals surface area (Å²) in [5, 5.41) is 12.9. The largest absolute Gasteiger partial charge is 0.380 e. The third-order valence-corrected chi connectivity index (χ3v) is 3.72. The first-order chi connectivity index (χ1) is 9.51. The standard InChI is InChI=1S/C17H17ClN2/c1-11-6-12(2)15(13(3)7-11)10-20-17-8-14(9-19)4-5-16(17)18/h4-8,20H,10H2,1-3H3. The normalized spacial score (nSPS) is 10.2. The molecule has 2 rings (SSSR count). The maximum Gasteiger partial charge on any atom is 0.0992 e. The summed E-state index contributed by atoms with van der Waals surface area (Å²) in [6.07, 6.45) is 0. The fraction of sp³-hybridized carbons (Fsp3) is 0.235. The number of hydrogen-bond acceptors (Lipinski definition) is 2. The Kier molecular flexibility index (Phi) is 4.32. The second kappa shape index (κ2) is 5.98. The Morgan fingerprint density at radius 2 is 1.75 bits per heavy atom. The van der Waals surface area contributed by atoms with Crippen LogP contribution in [-0.4, -0.2) is 0 Å². The molecule has 0 radical (unpaired) electrons. The molecule has 0 atom stereocenters. The molecule has 20 heavy (non-hydrogen) atoms. The van der Waals surface area contributed by atoms with Gasteiger partial charge in [0, 0.05) is 6.54 Å². The minimum absolute atomic E-state index is 0.606. The van der Waals surface area contributed by atoms with Crippen molar-refractivity contribution in [3.63, 3.8) is 0 Å². The summed E-state index contributed by atoms with van der Waals surface area (Å²) in [6.45, 7) is 7.03. The van der Waals surface area contributed by atoms with Crippen LogP contribution in [0, 0.1) is 32.1 Å². The summed E-state index contributed by atoms with van der Waals surface area (Å²) in [5.74, 6) is 0. The zero-order valence-corrected chi connectivity index (χ0v) is 12.7. The van der Waals surface area contributed by atoms with E-state index in [2.05, 4.69) is 44.3 Å². The van der Waals surface area contributed by atoms with Gasteiger partial charge in [-0.2, -0.15) is 5.26 Å². The van der Waals surface area contributed by atoms with E-state index in [9.17, 15) is 0 Å². The lowest BCUT2D eigenvalue weighted by Crippen LogP contribution is -2.04. The van der Waals surface area contributed by atoms with Gasteiger partial charge in [-0.1, -0.05) is 29.3 Å². The number of benzene rings is 2. The number of nitrogens with zero attached hydrogens (tertiary/aromatic N) is 1. The van der Waals surface area contributed by atoms with Gasteiger partial charge in [0.25, 0.3) is 0 Å². The van der Waals surface area contributed by atoms with E-state index >= 15 is 0 Å². The molecule has 0 saturated carbocycles. The summed E-state index contributed by atoms with van der Waals surface area (Å²) in [6, 6.07) is 11.7. The zero-order chi connectivity index (χ0) is 14.7. The van der Waals surface area contributed by atoms with Gasteiger partial charge in [-0.3, -0.25) is 0 Å². The van der Waals surface area contributed by atoms with Crippen LogP contribution in [0.25, 0.3) is 0 Å². The molecule has 0 fully saturated rings. The van der Waals surface area contributed by atoms with E-state index in [0.717, 1.165) is 5.69 Å². The molecule has 0 spiro atoms. The second-order valence-electron chi connectivity index (χ2n) is 5.04. The summed E-state index contributed by atoms with van der Waals surface area (Å²) in [5.41, 5.74) is 6.48. The minimum atomic E-state index is 0.606. The average Bonchev–Trinajstić information content (AvgIpc) is 2.39. The van der Waals surface area contributed by atoms with Crippen LogP contribution in [-0.2, 0) is 6.54 Å². The second-order valence-corrected chi connectivity index (χ2v) is 5.44. The third-order valence-electron chi connectivity index (χ3n) is 3.39. The van der Waals surface area contributed by atoms with E-state index in [-0.39, 0.29) is 0 Å². The zero-order valence-electron chi connectivity index (χ0n) is 11.9. The molecule has 2 nitrogen and oxygen atoms in total. The Labute approximate surface area is 125 Å². The van der Waals surface area contributed by atoms with Crippen molar-refractivity contribution < 1.29 is 0 Å². The van der Waals surface area contributed by atoms with E-state index in [1.807, 2.05) is 0 Å². The molecule has 0 aliphatic heterocycles. The lowest BCUT2D eigenvalue weighted by atomic mass is 10.00. The maximum absolute atomic E-state index is 8.94. The van der Waals surface area contributed by atoms with Crippen LogP contribution >= 0.6 is 11.6 Å². The van der Waals surface area contributed by atoms with Gasteiger partial charge in [-0.25, -0.2) is 0 Å². The molecule has 0 saturated heterocycles. The van der Waals surface area contributed by atoms with Gasteiger partial charge in [-0.05, 0) is 55.7 Å². The predicted molar refractivity (Wildman–Crippen MR) is 84.1 cm³/mol. The molecule has 2 aromatic rings. The van der Waals surface area contributed by atoms with Crippen LogP contribution in [0.5, 0.6) is 0 Å². The molecule has 0 amide bonds. The monoisotopic (exact) mass is 284 g/mol. The molecule has 0 bridgehead atoms. The number of nitriles is 1. The highest BCUT2D eigenvalue weighted by Gasteiger charge is 2.06. The number of halogens is 1. The van der Waals surface area contributed by atoms with Gasteiger partial charge in [0.05, 0.1) is 22.3 Å². The highest BCUT2D eigenvalue weighted by Crippen LogP contribution is 2.25. The van der Waals surface area contributed by atoms with Crippen molar-refractivity contribution in [3.8, 4) is 6.07 Å². The fourth-order valence-electron chi connectivity index (χ4n) is 2.40. The third kappa shape index (κ3) is 3.12. The van der Waals surface area contributed by atoms with Crippen molar-refractivity contribution in [1.29, 1.82) is 5.26 Å². The number of aryl methyl sites for hydroxylation is 3. The van der Waals surface area contributed by atoms with Crippen LogP contribution < -0.4 is 5.32 Å². The summed E-state index contributed by atoms with van der Waals surface area (Å²) in [7, 11) is 0. The van der Waals surface area contributed by atoms with Gasteiger partial charge in [0.15, 0.2) is 0 Å². The van der Waals surface area contributed by atoms with Gasteiger partial charge in [0.2, 0.25) is 0 Å². The van der Waals surface area contributed by atoms with E-state index < -0.39 is 0 Å². The molecule has 0 aliphatic carbocycles. The van der Waals surface area contributed by atoms with Crippen LogP contribution in [0.15, 0.2) is 30.3 Å². The van der Waals surface area contributed by atoms with Crippen molar-refractivity contribution >= 4 is 17.3 Å². The predicted octanol–water partition coefficient (Wildman–Crippen LogP) is 4.75. The van der Waals surface area contributed by atoms with Gasteiger partial charge in [0.1, 0.15) is 0 Å². The molecule has 0 unspecified atom stereocenters. The maximum atomic E-state index is 8.94. The Balaban J connectivity index is 2.24. The van der Waals surface area contributed by atoms with Crippen molar-refractivity contribution in [3.05, 3.63) is 63.2 Å². The summed E-state index contributed by atoms with van der Waals surface area (Å²) >= 11 is 6.15. The van der Waals surface area contributed by atoms with E-state index in [4.69, 9.17) is 16.9 Å².